The summed E-state index contributed by atoms with van der Waals surface area (Å²) in [4.78, 5) is 0. The highest BCUT2D eigenvalue weighted by atomic mass is 16.5. The summed E-state index contributed by atoms with van der Waals surface area (Å²) in [7, 11) is 1.68. The Bertz CT molecular complexity index is 428. The summed E-state index contributed by atoms with van der Waals surface area (Å²) in [5, 5.41) is 21.4. The van der Waals surface area contributed by atoms with E-state index >= 15 is 0 Å². The zero-order valence-corrected chi connectivity index (χ0v) is 12.7. The molecule has 1 aromatic rings. The van der Waals surface area contributed by atoms with E-state index in [4.69, 9.17) is 14.7 Å². The molecule has 5 heteroatoms. The molecular weight excluding hydrogens is 268 g/mol. The molecule has 2 N–H and O–H groups in total. The van der Waals surface area contributed by atoms with E-state index < -0.39 is 6.10 Å². The number of aliphatic hydroxyl groups is 1. The van der Waals surface area contributed by atoms with Crippen molar-refractivity contribution in [1.29, 1.82) is 5.26 Å². The number of nitrogens with zero attached hydrogens (tertiary/aromatic N) is 1. The van der Waals surface area contributed by atoms with Crippen LogP contribution in [0, 0.1) is 11.3 Å². The van der Waals surface area contributed by atoms with Crippen LogP contribution in [0.3, 0.4) is 0 Å². The lowest BCUT2D eigenvalue weighted by Gasteiger charge is -2.16. The van der Waals surface area contributed by atoms with Crippen LogP contribution in [0.4, 0.5) is 0 Å². The maximum absolute atomic E-state index is 9.81. The van der Waals surface area contributed by atoms with Crippen molar-refractivity contribution >= 4 is 0 Å². The summed E-state index contributed by atoms with van der Waals surface area (Å²) in [6.45, 7) is 3.25. The minimum atomic E-state index is -0.598. The molecular formula is C16H24N2O3. The Kier molecular flexibility index (Phi) is 8.44. The number of rotatable bonds is 10. The van der Waals surface area contributed by atoms with Gasteiger partial charge in [0.25, 0.3) is 0 Å². The number of hydrogen-bond donors (Lipinski definition) is 2. The van der Waals surface area contributed by atoms with Crippen molar-refractivity contribution in [3.05, 3.63) is 29.8 Å². The molecule has 2 unspecified atom stereocenters. The van der Waals surface area contributed by atoms with Gasteiger partial charge in [-0.15, -0.1) is 0 Å². The van der Waals surface area contributed by atoms with Crippen LogP contribution >= 0.6 is 0 Å². The van der Waals surface area contributed by atoms with Crippen LogP contribution in [0.15, 0.2) is 24.3 Å². The normalized spacial score (nSPS) is 13.4. The summed E-state index contributed by atoms with van der Waals surface area (Å²) in [6, 6.07) is 9.93. The molecule has 1 aromatic carbocycles. The largest absolute Gasteiger partial charge is 0.491 e. The molecule has 0 saturated carbocycles. The van der Waals surface area contributed by atoms with E-state index in [0.717, 1.165) is 12.2 Å². The predicted molar refractivity (Wildman–Crippen MR) is 81.2 cm³/mol. The van der Waals surface area contributed by atoms with Crippen LogP contribution in [0.25, 0.3) is 0 Å². The summed E-state index contributed by atoms with van der Waals surface area (Å²) < 4.78 is 10.6. The monoisotopic (exact) mass is 292 g/mol. The van der Waals surface area contributed by atoms with Crippen molar-refractivity contribution in [3.63, 3.8) is 0 Å². The molecule has 0 aliphatic carbocycles. The number of benzene rings is 1. The molecule has 0 heterocycles. The molecule has 0 aliphatic heterocycles. The highest BCUT2D eigenvalue weighted by Crippen LogP contribution is 2.12. The molecule has 116 valence electrons. The van der Waals surface area contributed by atoms with Crippen molar-refractivity contribution in [1.82, 2.24) is 5.32 Å². The molecule has 0 spiro atoms. The van der Waals surface area contributed by atoms with Crippen LogP contribution in [0.2, 0.25) is 0 Å². The van der Waals surface area contributed by atoms with E-state index in [9.17, 15) is 5.11 Å². The van der Waals surface area contributed by atoms with Crippen LogP contribution in [0.5, 0.6) is 5.75 Å². The van der Waals surface area contributed by atoms with Crippen LogP contribution in [-0.4, -0.2) is 44.1 Å². The molecule has 21 heavy (non-hydrogen) atoms. The molecule has 0 saturated heterocycles. The van der Waals surface area contributed by atoms with E-state index in [1.165, 1.54) is 5.56 Å². The number of ether oxygens (including phenoxy) is 2. The van der Waals surface area contributed by atoms with Gasteiger partial charge in [0.05, 0.1) is 19.1 Å². The van der Waals surface area contributed by atoms with Gasteiger partial charge < -0.3 is 19.9 Å². The van der Waals surface area contributed by atoms with Gasteiger partial charge in [-0.05, 0) is 31.0 Å². The quantitative estimate of drug-likeness (QED) is 0.683. The van der Waals surface area contributed by atoms with Crippen molar-refractivity contribution in [2.45, 2.75) is 31.9 Å². The minimum absolute atomic E-state index is 0.0738. The van der Waals surface area contributed by atoms with Gasteiger partial charge in [-0.3, -0.25) is 0 Å². The Balaban J connectivity index is 2.26. The number of hydrogen-bond acceptors (Lipinski definition) is 5. The first-order valence-electron chi connectivity index (χ1n) is 7.14. The highest BCUT2D eigenvalue weighted by Gasteiger charge is 2.07. The van der Waals surface area contributed by atoms with Gasteiger partial charge in [-0.1, -0.05) is 12.1 Å². The maximum atomic E-state index is 9.81. The molecule has 0 aromatic heterocycles. The lowest BCUT2D eigenvalue weighted by Crippen LogP contribution is -2.36. The lowest BCUT2D eigenvalue weighted by atomic mass is 10.1. The molecule has 0 aliphatic rings. The Labute approximate surface area is 126 Å². The average molecular weight is 292 g/mol. The second-order valence-electron chi connectivity index (χ2n) is 5.02. The van der Waals surface area contributed by atoms with Crippen molar-refractivity contribution in [2.75, 3.05) is 26.9 Å². The van der Waals surface area contributed by atoms with Crippen LogP contribution in [-0.2, 0) is 11.2 Å². The number of nitriles is 1. The Morgan fingerprint density at radius 2 is 2.05 bits per heavy atom. The fourth-order valence-electron chi connectivity index (χ4n) is 1.77. The van der Waals surface area contributed by atoms with E-state index in [2.05, 4.69) is 11.4 Å². The zero-order chi connectivity index (χ0) is 15.5. The Morgan fingerprint density at radius 3 is 2.67 bits per heavy atom. The third-order valence-electron chi connectivity index (χ3n) is 3.06. The Hall–Kier alpha value is -1.61. The van der Waals surface area contributed by atoms with Crippen LogP contribution in [0.1, 0.15) is 18.9 Å². The van der Waals surface area contributed by atoms with Gasteiger partial charge in [0.2, 0.25) is 0 Å². The smallest absolute Gasteiger partial charge is 0.119 e. The third-order valence-corrected chi connectivity index (χ3v) is 3.06. The van der Waals surface area contributed by atoms with E-state index in [1.807, 2.05) is 31.2 Å². The van der Waals surface area contributed by atoms with Gasteiger partial charge in [0.1, 0.15) is 18.5 Å². The molecule has 0 amide bonds. The summed E-state index contributed by atoms with van der Waals surface area (Å²) in [5.74, 6) is 0.736. The second-order valence-corrected chi connectivity index (χ2v) is 5.02. The van der Waals surface area contributed by atoms with Gasteiger partial charge in [0, 0.05) is 19.7 Å². The van der Waals surface area contributed by atoms with Gasteiger partial charge >= 0.3 is 0 Å². The highest BCUT2D eigenvalue weighted by molar-refractivity contribution is 5.27. The zero-order valence-electron chi connectivity index (χ0n) is 12.7. The number of methoxy groups -OCH3 is 1. The topological polar surface area (TPSA) is 74.5 Å². The van der Waals surface area contributed by atoms with Crippen molar-refractivity contribution in [2.24, 2.45) is 0 Å². The molecule has 2 atom stereocenters. The average Bonchev–Trinajstić information content (AvgIpc) is 2.50. The first-order chi connectivity index (χ1) is 10.2. The van der Waals surface area contributed by atoms with Gasteiger partial charge in [-0.25, -0.2) is 0 Å². The first-order valence-corrected chi connectivity index (χ1v) is 7.14. The first kappa shape index (κ1) is 17.4. The summed E-state index contributed by atoms with van der Waals surface area (Å²) in [5.41, 5.74) is 1.19. The standard InChI is InChI=1S/C16H24N2O3/c1-13(7-9-17)18-11-15(19)12-21-16-5-3-14(4-6-16)8-10-20-2/h3-6,13,15,18-19H,7-8,10-12H2,1-2H3. The van der Waals surface area contributed by atoms with E-state index in [0.29, 0.717) is 19.6 Å². The molecule has 0 bridgehead atoms. The predicted octanol–water partition coefficient (Wildman–Crippen LogP) is 1.51. The molecule has 0 fully saturated rings. The van der Waals surface area contributed by atoms with E-state index in [1.54, 1.807) is 7.11 Å². The summed E-state index contributed by atoms with van der Waals surface area (Å²) >= 11 is 0. The van der Waals surface area contributed by atoms with Crippen molar-refractivity contribution < 1.29 is 14.6 Å². The number of aliphatic hydroxyl groups excluding tert-OH is 1. The van der Waals surface area contributed by atoms with Gasteiger partial charge in [0.15, 0.2) is 0 Å². The molecule has 0 radical (unpaired) electrons. The fraction of sp³-hybridized carbons (Fsp3) is 0.562. The molecule has 1 rings (SSSR count). The Morgan fingerprint density at radius 1 is 1.33 bits per heavy atom. The minimum Gasteiger partial charge on any atom is -0.491 e. The third kappa shape index (κ3) is 7.66. The fourth-order valence-corrected chi connectivity index (χ4v) is 1.77. The van der Waals surface area contributed by atoms with Crippen LogP contribution < -0.4 is 10.1 Å². The number of nitrogens with one attached hydrogen (secondary N) is 1. The lowest BCUT2D eigenvalue weighted by molar-refractivity contribution is 0.104. The van der Waals surface area contributed by atoms with Gasteiger partial charge in [-0.2, -0.15) is 5.26 Å². The van der Waals surface area contributed by atoms with E-state index in [-0.39, 0.29) is 12.6 Å². The second kappa shape index (κ2) is 10.2. The van der Waals surface area contributed by atoms with Crippen molar-refractivity contribution in [3.8, 4) is 11.8 Å². The maximum Gasteiger partial charge on any atom is 0.119 e. The molecule has 5 nitrogen and oxygen atoms in total. The SMILES string of the molecule is COCCc1ccc(OCC(O)CNC(C)CC#N)cc1. The summed E-state index contributed by atoms with van der Waals surface area (Å²) in [6.07, 6.45) is 0.704.